The Hall–Kier alpha value is -0.820. The first-order valence-corrected chi connectivity index (χ1v) is 5.93. The van der Waals surface area contributed by atoms with Crippen LogP contribution in [0.15, 0.2) is 30.3 Å². The largest absolute Gasteiger partial charge is 0.330 e. The zero-order valence-electron chi connectivity index (χ0n) is 9.74. The highest BCUT2D eigenvalue weighted by atomic mass is 14.6. The van der Waals surface area contributed by atoms with Gasteiger partial charge in [0.1, 0.15) is 0 Å². The Morgan fingerprint density at radius 3 is 2.33 bits per heavy atom. The molecule has 0 amide bonds. The molecule has 1 nitrogen and oxygen atoms in total. The van der Waals surface area contributed by atoms with Gasteiger partial charge in [0, 0.05) is 12.0 Å². The van der Waals surface area contributed by atoms with E-state index in [2.05, 4.69) is 44.2 Å². The van der Waals surface area contributed by atoms with Gasteiger partial charge >= 0.3 is 0 Å². The molecular weight excluding hydrogens is 182 g/mol. The van der Waals surface area contributed by atoms with Crippen LogP contribution in [0.4, 0.5) is 0 Å². The maximum atomic E-state index is 5.96. The van der Waals surface area contributed by atoms with Gasteiger partial charge < -0.3 is 5.73 Å². The first kappa shape index (κ1) is 10.7. The van der Waals surface area contributed by atoms with E-state index in [1.54, 1.807) is 0 Å². The van der Waals surface area contributed by atoms with Crippen molar-refractivity contribution in [2.75, 3.05) is 6.54 Å². The van der Waals surface area contributed by atoms with Crippen LogP contribution in [-0.4, -0.2) is 6.54 Å². The molecule has 0 bridgehead atoms. The summed E-state index contributed by atoms with van der Waals surface area (Å²) < 4.78 is 0. The average molecular weight is 203 g/mol. The SMILES string of the molecule is CC(C)C1CC(CN)(c2ccccc2)C1. The van der Waals surface area contributed by atoms with Crippen LogP contribution < -0.4 is 5.73 Å². The first-order valence-electron chi connectivity index (χ1n) is 5.93. The van der Waals surface area contributed by atoms with Gasteiger partial charge in [0.2, 0.25) is 0 Å². The van der Waals surface area contributed by atoms with Crippen molar-refractivity contribution in [1.82, 2.24) is 0 Å². The number of hydrogen-bond acceptors (Lipinski definition) is 1. The van der Waals surface area contributed by atoms with E-state index in [4.69, 9.17) is 5.73 Å². The van der Waals surface area contributed by atoms with E-state index in [1.165, 1.54) is 18.4 Å². The summed E-state index contributed by atoms with van der Waals surface area (Å²) in [5, 5.41) is 0. The number of benzene rings is 1. The molecule has 1 fully saturated rings. The second kappa shape index (κ2) is 3.97. The van der Waals surface area contributed by atoms with Crippen LogP contribution in [0.25, 0.3) is 0 Å². The highest BCUT2D eigenvalue weighted by Gasteiger charge is 2.45. The van der Waals surface area contributed by atoms with Crippen LogP contribution in [0.5, 0.6) is 0 Å². The first-order chi connectivity index (χ1) is 7.18. The van der Waals surface area contributed by atoms with Gasteiger partial charge in [-0.15, -0.1) is 0 Å². The Morgan fingerprint density at radius 1 is 1.27 bits per heavy atom. The molecule has 0 heterocycles. The van der Waals surface area contributed by atoms with Crippen molar-refractivity contribution in [2.45, 2.75) is 32.1 Å². The van der Waals surface area contributed by atoms with E-state index in [9.17, 15) is 0 Å². The summed E-state index contributed by atoms with van der Waals surface area (Å²) >= 11 is 0. The van der Waals surface area contributed by atoms with Crippen molar-refractivity contribution >= 4 is 0 Å². The van der Waals surface area contributed by atoms with Crippen molar-refractivity contribution in [3.63, 3.8) is 0 Å². The second-order valence-corrected chi connectivity index (χ2v) is 5.26. The Kier molecular flexibility index (Phi) is 2.83. The van der Waals surface area contributed by atoms with Gasteiger partial charge in [-0.2, -0.15) is 0 Å². The Bertz CT molecular complexity index is 309. The zero-order chi connectivity index (χ0) is 10.9. The Morgan fingerprint density at radius 2 is 1.87 bits per heavy atom. The van der Waals surface area contributed by atoms with Crippen molar-refractivity contribution in [3.8, 4) is 0 Å². The highest BCUT2D eigenvalue weighted by molar-refractivity contribution is 5.29. The van der Waals surface area contributed by atoms with Gasteiger partial charge in [-0.05, 0) is 30.2 Å². The van der Waals surface area contributed by atoms with Crippen LogP contribution in [0, 0.1) is 11.8 Å². The highest BCUT2D eigenvalue weighted by Crippen LogP contribution is 2.49. The molecule has 0 aromatic heterocycles. The quantitative estimate of drug-likeness (QED) is 0.803. The molecule has 0 aliphatic heterocycles. The van der Waals surface area contributed by atoms with Crippen molar-refractivity contribution in [1.29, 1.82) is 0 Å². The lowest BCUT2D eigenvalue weighted by Gasteiger charge is -2.49. The second-order valence-electron chi connectivity index (χ2n) is 5.26. The molecule has 0 atom stereocenters. The minimum atomic E-state index is 0.288. The maximum Gasteiger partial charge on any atom is 0.00810 e. The average Bonchev–Trinajstić information content (AvgIpc) is 2.18. The van der Waals surface area contributed by atoms with E-state index in [1.807, 2.05) is 0 Å². The minimum absolute atomic E-state index is 0.288. The van der Waals surface area contributed by atoms with Crippen molar-refractivity contribution < 1.29 is 0 Å². The molecule has 1 aromatic carbocycles. The molecule has 15 heavy (non-hydrogen) atoms. The van der Waals surface area contributed by atoms with Gasteiger partial charge in [0.15, 0.2) is 0 Å². The lowest BCUT2D eigenvalue weighted by atomic mass is 9.56. The van der Waals surface area contributed by atoms with Crippen molar-refractivity contribution in [3.05, 3.63) is 35.9 Å². The third kappa shape index (κ3) is 1.81. The fourth-order valence-corrected chi connectivity index (χ4v) is 2.73. The summed E-state index contributed by atoms with van der Waals surface area (Å²) in [7, 11) is 0. The van der Waals surface area contributed by atoms with Crippen LogP contribution in [0.2, 0.25) is 0 Å². The molecule has 1 aliphatic rings. The van der Waals surface area contributed by atoms with E-state index >= 15 is 0 Å². The third-order valence-corrected chi connectivity index (χ3v) is 4.03. The molecule has 0 unspecified atom stereocenters. The Labute approximate surface area is 92.7 Å². The Balaban J connectivity index is 2.14. The van der Waals surface area contributed by atoms with E-state index in [0.717, 1.165) is 18.4 Å². The van der Waals surface area contributed by atoms with Crippen LogP contribution in [-0.2, 0) is 5.41 Å². The van der Waals surface area contributed by atoms with Crippen LogP contribution in [0.1, 0.15) is 32.3 Å². The van der Waals surface area contributed by atoms with Crippen LogP contribution in [0.3, 0.4) is 0 Å². The molecule has 2 N–H and O–H groups in total. The predicted molar refractivity (Wildman–Crippen MR) is 64.7 cm³/mol. The summed E-state index contributed by atoms with van der Waals surface area (Å²) in [4.78, 5) is 0. The lowest BCUT2D eigenvalue weighted by Crippen LogP contribution is -2.48. The van der Waals surface area contributed by atoms with Gasteiger partial charge in [-0.1, -0.05) is 44.2 Å². The monoisotopic (exact) mass is 203 g/mol. The molecule has 0 radical (unpaired) electrons. The molecule has 1 aliphatic carbocycles. The van der Waals surface area contributed by atoms with Gasteiger partial charge in [-0.3, -0.25) is 0 Å². The summed E-state index contributed by atoms with van der Waals surface area (Å²) in [6.45, 7) is 5.42. The fourth-order valence-electron chi connectivity index (χ4n) is 2.73. The minimum Gasteiger partial charge on any atom is -0.330 e. The molecule has 1 heteroatoms. The van der Waals surface area contributed by atoms with Crippen LogP contribution >= 0.6 is 0 Å². The fraction of sp³-hybridized carbons (Fsp3) is 0.571. The number of rotatable bonds is 3. The van der Waals surface area contributed by atoms with Gasteiger partial charge in [0.25, 0.3) is 0 Å². The van der Waals surface area contributed by atoms with Gasteiger partial charge in [0.05, 0.1) is 0 Å². The zero-order valence-corrected chi connectivity index (χ0v) is 9.74. The van der Waals surface area contributed by atoms with Crippen molar-refractivity contribution in [2.24, 2.45) is 17.6 Å². The normalized spacial score (nSPS) is 30.3. The third-order valence-electron chi connectivity index (χ3n) is 4.03. The molecule has 1 saturated carbocycles. The number of nitrogens with two attached hydrogens (primary N) is 1. The molecule has 0 saturated heterocycles. The molecular formula is C14H21N. The summed E-state index contributed by atoms with van der Waals surface area (Å²) in [5.41, 5.74) is 7.69. The summed E-state index contributed by atoms with van der Waals surface area (Å²) in [5.74, 6) is 1.67. The summed E-state index contributed by atoms with van der Waals surface area (Å²) in [6, 6.07) is 10.8. The molecule has 0 spiro atoms. The maximum absolute atomic E-state index is 5.96. The topological polar surface area (TPSA) is 26.0 Å². The summed E-state index contributed by atoms with van der Waals surface area (Å²) in [6.07, 6.45) is 2.54. The molecule has 2 rings (SSSR count). The molecule has 82 valence electrons. The van der Waals surface area contributed by atoms with Gasteiger partial charge in [-0.25, -0.2) is 0 Å². The smallest absolute Gasteiger partial charge is 0.00810 e. The molecule has 1 aromatic rings. The van der Waals surface area contributed by atoms with E-state index < -0.39 is 0 Å². The standard InChI is InChI=1S/C14H21N/c1-11(2)12-8-14(9-12,10-15)13-6-4-3-5-7-13/h3-7,11-12H,8-10,15H2,1-2H3. The lowest BCUT2D eigenvalue weighted by molar-refractivity contribution is 0.106. The number of hydrogen-bond donors (Lipinski definition) is 1. The van der Waals surface area contributed by atoms with E-state index in [-0.39, 0.29) is 5.41 Å². The van der Waals surface area contributed by atoms with E-state index in [0.29, 0.717) is 0 Å². The predicted octanol–water partition coefficient (Wildman–Crippen LogP) is 2.95.